The van der Waals surface area contributed by atoms with Crippen LogP contribution in [-0.2, 0) is 20.9 Å². The van der Waals surface area contributed by atoms with Crippen LogP contribution in [0.25, 0.3) is 0 Å². The van der Waals surface area contributed by atoms with Gasteiger partial charge in [0.05, 0.1) is 0 Å². The highest BCUT2D eigenvalue weighted by Gasteiger charge is 2.62. The molecular formula is C21H26N2O5. The van der Waals surface area contributed by atoms with Gasteiger partial charge in [-0.25, -0.2) is 0 Å². The van der Waals surface area contributed by atoms with Gasteiger partial charge in [0.2, 0.25) is 24.5 Å². The highest BCUT2D eigenvalue weighted by Crippen LogP contribution is 2.58. The zero-order valence-electron chi connectivity index (χ0n) is 16.8. The molecule has 4 rings (SSSR count). The van der Waals surface area contributed by atoms with Gasteiger partial charge in [0.1, 0.15) is 0 Å². The Morgan fingerprint density at radius 2 is 1.64 bits per heavy atom. The summed E-state index contributed by atoms with van der Waals surface area (Å²) in [5, 5.41) is 2.99. The van der Waals surface area contributed by atoms with E-state index in [1.807, 2.05) is 39.0 Å². The molecule has 7 heteroatoms. The third-order valence-corrected chi connectivity index (χ3v) is 6.42. The minimum Gasteiger partial charge on any atom is -0.454 e. The lowest BCUT2D eigenvalue weighted by Gasteiger charge is -2.55. The lowest BCUT2D eigenvalue weighted by Crippen LogP contribution is -2.63. The Balaban J connectivity index is 1.52. The van der Waals surface area contributed by atoms with Crippen molar-refractivity contribution in [2.45, 2.75) is 46.6 Å². The van der Waals surface area contributed by atoms with Crippen molar-refractivity contribution in [2.75, 3.05) is 13.8 Å². The van der Waals surface area contributed by atoms with Crippen molar-refractivity contribution in [1.82, 2.24) is 10.2 Å². The summed E-state index contributed by atoms with van der Waals surface area (Å²) in [4.78, 5) is 39.9. The molecule has 1 saturated heterocycles. The van der Waals surface area contributed by atoms with E-state index in [-0.39, 0.29) is 24.5 Å². The van der Waals surface area contributed by atoms with Gasteiger partial charge < -0.3 is 14.8 Å². The zero-order chi connectivity index (χ0) is 20.3. The Hall–Kier alpha value is -2.57. The van der Waals surface area contributed by atoms with Crippen LogP contribution in [0.1, 0.15) is 45.6 Å². The number of imide groups is 1. The molecule has 3 aliphatic rings. The van der Waals surface area contributed by atoms with Gasteiger partial charge in [-0.3, -0.25) is 19.3 Å². The molecule has 2 heterocycles. The van der Waals surface area contributed by atoms with Crippen LogP contribution in [0.4, 0.5) is 0 Å². The van der Waals surface area contributed by atoms with Crippen molar-refractivity contribution in [3.8, 4) is 11.5 Å². The highest BCUT2D eigenvalue weighted by molar-refractivity contribution is 6.04. The monoisotopic (exact) mass is 386 g/mol. The first-order valence-electron chi connectivity index (χ1n) is 9.56. The summed E-state index contributed by atoms with van der Waals surface area (Å²) in [5.41, 5.74) is -1.30. The summed E-state index contributed by atoms with van der Waals surface area (Å²) >= 11 is 0. The van der Waals surface area contributed by atoms with Crippen LogP contribution in [0.2, 0.25) is 0 Å². The predicted molar refractivity (Wildman–Crippen MR) is 100 cm³/mol. The van der Waals surface area contributed by atoms with E-state index in [1.54, 1.807) is 7.05 Å². The number of hydrogen-bond acceptors (Lipinski definition) is 5. The Morgan fingerprint density at radius 3 is 2.29 bits per heavy atom. The number of rotatable bonds is 3. The van der Waals surface area contributed by atoms with Crippen molar-refractivity contribution >= 4 is 17.7 Å². The van der Waals surface area contributed by atoms with Crippen LogP contribution in [0.15, 0.2) is 18.2 Å². The molecule has 1 aromatic rings. The van der Waals surface area contributed by atoms with E-state index in [0.717, 1.165) is 5.56 Å². The predicted octanol–water partition coefficient (Wildman–Crippen LogP) is 2.23. The number of piperidine rings is 1. The van der Waals surface area contributed by atoms with Crippen molar-refractivity contribution < 1.29 is 23.9 Å². The minimum atomic E-state index is -0.787. The molecule has 1 aliphatic carbocycles. The molecule has 28 heavy (non-hydrogen) atoms. The average Bonchev–Trinajstić information content (AvgIpc) is 3.10. The fourth-order valence-electron chi connectivity index (χ4n) is 5.58. The molecule has 0 aromatic heterocycles. The molecule has 1 N–H and O–H groups in total. The van der Waals surface area contributed by atoms with Crippen LogP contribution >= 0.6 is 0 Å². The summed E-state index contributed by atoms with van der Waals surface area (Å²) in [7, 11) is 1.54. The van der Waals surface area contributed by atoms with E-state index in [2.05, 4.69) is 5.32 Å². The molecule has 1 aromatic carbocycles. The van der Waals surface area contributed by atoms with E-state index in [1.165, 1.54) is 4.90 Å². The Bertz CT molecular complexity index is 852. The number of fused-ring (bicyclic) bond motifs is 3. The van der Waals surface area contributed by atoms with Crippen LogP contribution in [0.5, 0.6) is 11.5 Å². The van der Waals surface area contributed by atoms with Gasteiger partial charge in [-0.05, 0) is 37.0 Å². The van der Waals surface area contributed by atoms with Crippen LogP contribution in [-0.4, -0.2) is 36.5 Å². The summed E-state index contributed by atoms with van der Waals surface area (Å²) < 4.78 is 10.7. The van der Waals surface area contributed by atoms with Gasteiger partial charge in [-0.2, -0.15) is 0 Å². The lowest BCUT2D eigenvalue weighted by molar-refractivity contribution is -0.178. The average molecular weight is 386 g/mol. The molecule has 1 saturated carbocycles. The number of likely N-dealkylation sites (tertiary alicyclic amines) is 1. The maximum atomic E-state index is 13.1. The van der Waals surface area contributed by atoms with Gasteiger partial charge in [0.25, 0.3) is 0 Å². The van der Waals surface area contributed by atoms with Crippen molar-refractivity contribution in [3.05, 3.63) is 23.8 Å². The van der Waals surface area contributed by atoms with Gasteiger partial charge in [0, 0.05) is 29.8 Å². The molecule has 0 spiro atoms. The zero-order valence-corrected chi connectivity index (χ0v) is 16.8. The summed E-state index contributed by atoms with van der Waals surface area (Å²) in [5.74, 6) is 0.856. The molecule has 2 fully saturated rings. The molecule has 7 nitrogen and oxygen atoms in total. The number of hydrogen-bond donors (Lipinski definition) is 1. The van der Waals surface area contributed by atoms with Crippen molar-refractivity contribution in [2.24, 2.45) is 16.2 Å². The van der Waals surface area contributed by atoms with E-state index in [0.29, 0.717) is 37.3 Å². The molecule has 0 radical (unpaired) electrons. The highest BCUT2D eigenvalue weighted by atomic mass is 16.7. The number of nitrogens with zero attached hydrogens (tertiary/aromatic N) is 1. The first-order chi connectivity index (χ1) is 13.1. The molecule has 2 aliphatic heterocycles. The van der Waals surface area contributed by atoms with Gasteiger partial charge in [-0.1, -0.05) is 26.8 Å². The number of nitrogens with one attached hydrogen (secondary N) is 1. The standard InChI is InChI=1S/C21H26N2O5/c1-19(9-20(2)11-21(3,10-19)18(26)23(4)17(20)25)16(24)22-8-13-5-6-14-15(7-13)28-12-27-14/h5-7H,8-12H2,1-4H3,(H,22,24). The first-order valence-corrected chi connectivity index (χ1v) is 9.56. The van der Waals surface area contributed by atoms with E-state index in [4.69, 9.17) is 9.47 Å². The fourth-order valence-corrected chi connectivity index (χ4v) is 5.58. The smallest absolute Gasteiger partial charge is 0.234 e. The number of amides is 3. The van der Waals surface area contributed by atoms with E-state index < -0.39 is 16.2 Å². The topological polar surface area (TPSA) is 84.9 Å². The maximum Gasteiger partial charge on any atom is 0.234 e. The quantitative estimate of drug-likeness (QED) is 0.806. The van der Waals surface area contributed by atoms with Crippen LogP contribution in [0.3, 0.4) is 0 Å². The van der Waals surface area contributed by atoms with Crippen LogP contribution in [0, 0.1) is 16.2 Å². The molecular weight excluding hydrogens is 360 g/mol. The third kappa shape index (κ3) is 2.75. The Labute approximate surface area is 164 Å². The van der Waals surface area contributed by atoms with Gasteiger partial charge in [-0.15, -0.1) is 0 Å². The second-order valence-corrected chi connectivity index (χ2v) is 9.25. The first kappa shape index (κ1) is 18.8. The molecule has 2 bridgehead atoms. The van der Waals surface area contributed by atoms with Crippen LogP contribution < -0.4 is 14.8 Å². The Kier molecular flexibility index (Phi) is 4.00. The van der Waals surface area contributed by atoms with Gasteiger partial charge in [0.15, 0.2) is 11.5 Å². The summed E-state index contributed by atoms with van der Waals surface area (Å²) in [6, 6.07) is 5.56. The number of carbonyl (C=O) groups excluding carboxylic acids is 3. The van der Waals surface area contributed by atoms with E-state index in [9.17, 15) is 14.4 Å². The normalized spacial score (nSPS) is 33.8. The number of ether oxygens (including phenoxy) is 2. The maximum absolute atomic E-state index is 13.1. The second-order valence-electron chi connectivity index (χ2n) is 9.25. The molecule has 3 amide bonds. The SMILES string of the molecule is CN1C(=O)C2(C)CC(C)(C(=O)NCc3ccc4c(c3)OCO4)CC(C)(C2)C1=O. The second kappa shape index (κ2) is 5.96. The van der Waals surface area contributed by atoms with Gasteiger partial charge >= 0.3 is 0 Å². The minimum absolute atomic E-state index is 0.132. The fraction of sp³-hybridized carbons (Fsp3) is 0.571. The largest absolute Gasteiger partial charge is 0.454 e. The van der Waals surface area contributed by atoms with Crippen molar-refractivity contribution in [3.63, 3.8) is 0 Å². The van der Waals surface area contributed by atoms with E-state index >= 15 is 0 Å². The Morgan fingerprint density at radius 1 is 1.04 bits per heavy atom. The molecule has 2 atom stereocenters. The lowest BCUT2D eigenvalue weighted by atomic mass is 9.51. The molecule has 150 valence electrons. The number of benzene rings is 1. The number of carbonyl (C=O) groups is 3. The third-order valence-electron chi connectivity index (χ3n) is 6.42. The summed E-state index contributed by atoms with van der Waals surface area (Å²) in [6.07, 6.45) is 1.35. The molecule has 2 unspecified atom stereocenters. The van der Waals surface area contributed by atoms with Crippen molar-refractivity contribution in [1.29, 1.82) is 0 Å². The summed E-state index contributed by atoms with van der Waals surface area (Å²) in [6.45, 7) is 6.17.